The van der Waals surface area contributed by atoms with Gasteiger partial charge in [0.05, 0.1) is 13.1 Å². The van der Waals surface area contributed by atoms with Crippen molar-refractivity contribution in [3.8, 4) is 0 Å². The summed E-state index contributed by atoms with van der Waals surface area (Å²) < 4.78 is 0. The zero-order valence-corrected chi connectivity index (χ0v) is 20.4. The van der Waals surface area contributed by atoms with Crippen LogP contribution in [-0.4, -0.2) is 74.3 Å². The maximum Gasteiger partial charge on any atom is 0.325 e. The zero-order chi connectivity index (χ0) is 25.1. The van der Waals surface area contributed by atoms with Gasteiger partial charge in [0.1, 0.15) is 0 Å². The van der Waals surface area contributed by atoms with E-state index in [1.807, 2.05) is 0 Å². The molecule has 0 spiro atoms. The first-order valence-corrected chi connectivity index (χ1v) is 12.3. The van der Waals surface area contributed by atoms with Crippen LogP contribution in [0.25, 0.3) is 0 Å². The standard InChI is InChI=1S/C24H40N6O4/c1-2-25-15-9-3-5-12-18-28-23(33)30(20-14-8-7-11-17-27-22-32)24(34)29-19-13-6-4-10-16-26-21-31/h1,3-20H2,(H,28,33)(H,29,34). The predicted molar refractivity (Wildman–Crippen MR) is 133 cm³/mol. The molecule has 0 atom stereocenters. The van der Waals surface area contributed by atoms with Crippen LogP contribution in [0.1, 0.15) is 77.0 Å². The lowest BCUT2D eigenvalue weighted by Gasteiger charge is -2.22. The summed E-state index contributed by atoms with van der Waals surface area (Å²) in [6.07, 6.45) is 13.4. The molecule has 34 heavy (non-hydrogen) atoms. The summed E-state index contributed by atoms with van der Waals surface area (Å²) in [6.45, 7) is 6.42. The number of carbonyl (C=O) groups excluding carboxylic acids is 4. The maximum atomic E-state index is 12.6. The fraction of sp³-hybridized carbons (Fsp3) is 0.750. The number of unbranched alkanes of at least 4 members (excludes halogenated alkanes) is 9. The molecule has 10 heteroatoms. The van der Waals surface area contributed by atoms with Crippen LogP contribution in [0, 0.1) is 0 Å². The van der Waals surface area contributed by atoms with Crippen LogP contribution < -0.4 is 10.6 Å². The van der Waals surface area contributed by atoms with E-state index in [1.54, 1.807) is 0 Å². The third-order valence-corrected chi connectivity index (χ3v) is 5.08. The van der Waals surface area contributed by atoms with Crippen molar-refractivity contribution in [1.82, 2.24) is 15.5 Å². The molecule has 4 amide bonds. The third kappa shape index (κ3) is 19.6. The zero-order valence-electron chi connectivity index (χ0n) is 20.4. The van der Waals surface area contributed by atoms with Gasteiger partial charge in [0.2, 0.25) is 12.2 Å². The smallest absolute Gasteiger partial charge is 0.325 e. The summed E-state index contributed by atoms with van der Waals surface area (Å²) in [4.78, 5) is 57.6. The van der Waals surface area contributed by atoms with Gasteiger partial charge in [-0.2, -0.15) is 0 Å². The first kappa shape index (κ1) is 30.9. The van der Waals surface area contributed by atoms with E-state index < -0.39 is 6.03 Å². The van der Waals surface area contributed by atoms with E-state index in [2.05, 4.69) is 38.1 Å². The van der Waals surface area contributed by atoms with Gasteiger partial charge in [0.25, 0.3) is 0 Å². The Labute approximate surface area is 203 Å². The van der Waals surface area contributed by atoms with Gasteiger partial charge in [-0.05, 0) is 51.0 Å². The highest BCUT2D eigenvalue weighted by molar-refractivity contribution is 5.93. The third-order valence-electron chi connectivity index (χ3n) is 5.08. The van der Waals surface area contributed by atoms with E-state index in [0.717, 1.165) is 77.2 Å². The van der Waals surface area contributed by atoms with Crippen molar-refractivity contribution < 1.29 is 19.2 Å². The van der Waals surface area contributed by atoms with Crippen molar-refractivity contribution in [1.29, 1.82) is 0 Å². The minimum absolute atomic E-state index is 0.331. The summed E-state index contributed by atoms with van der Waals surface area (Å²) in [7, 11) is 0. The number of nitrogens with one attached hydrogen (secondary N) is 2. The van der Waals surface area contributed by atoms with Crippen LogP contribution in [0.4, 0.5) is 9.59 Å². The molecule has 0 aliphatic heterocycles. The Bertz CT molecular complexity index is 652. The number of amides is 4. The fourth-order valence-corrected chi connectivity index (χ4v) is 3.20. The van der Waals surface area contributed by atoms with Gasteiger partial charge < -0.3 is 10.6 Å². The largest absolute Gasteiger partial charge is 0.338 e. The molecule has 0 aliphatic rings. The average Bonchev–Trinajstić information content (AvgIpc) is 2.84. The molecular weight excluding hydrogens is 436 g/mol. The summed E-state index contributed by atoms with van der Waals surface area (Å²) >= 11 is 0. The highest BCUT2D eigenvalue weighted by Gasteiger charge is 2.20. The number of nitrogens with zero attached hydrogens (tertiary/aromatic N) is 4. The Morgan fingerprint density at radius 2 is 1.03 bits per heavy atom. The number of carbonyl (C=O) groups is 2. The van der Waals surface area contributed by atoms with Crippen LogP contribution in [0.15, 0.2) is 21.6 Å². The molecule has 0 rings (SSSR count). The van der Waals surface area contributed by atoms with Crippen LogP contribution >= 0.6 is 0 Å². The van der Waals surface area contributed by atoms with Gasteiger partial charge in [-0.3, -0.25) is 0 Å². The van der Waals surface area contributed by atoms with E-state index in [0.29, 0.717) is 39.1 Å². The van der Waals surface area contributed by atoms with Crippen LogP contribution in [0.2, 0.25) is 0 Å². The Balaban J connectivity index is 4.35. The predicted octanol–water partition coefficient (Wildman–Crippen LogP) is 3.92. The minimum atomic E-state index is -0.393. The summed E-state index contributed by atoms with van der Waals surface area (Å²) in [5, 5.41) is 5.67. The van der Waals surface area contributed by atoms with Gasteiger partial charge in [-0.25, -0.2) is 39.1 Å². The minimum Gasteiger partial charge on any atom is -0.338 e. The topological polar surface area (TPSA) is 133 Å². The molecule has 10 nitrogen and oxygen atoms in total. The van der Waals surface area contributed by atoms with Crippen molar-refractivity contribution >= 4 is 30.1 Å². The van der Waals surface area contributed by atoms with Crippen LogP contribution in [0.3, 0.4) is 0 Å². The maximum absolute atomic E-state index is 12.6. The van der Waals surface area contributed by atoms with Crippen molar-refractivity contribution in [2.75, 3.05) is 39.3 Å². The van der Waals surface area contributed by atoms with Gasteiger partial charge >= 0.3 is 12.1 Å². The molecule has 190 valence electrons. The van der Waals surface area contributed by atoms with Crippen molar-refractivity contribution in [2.24, 2.45) is 15.0 Å². The molecule has 0 bridgehead atoms. The highest BCUT2D eigenvalue weighted by atomic mass is 16.2. The quantitative estimate of drug-likeness (QED) is 0.148. The van der Waals surface area contributed by atoms with E-state index in [1.165, 1.54) is 17.1 Å². The lowest BCUT2D eigenvalue weighted by Crippen LogP contribution is -2.49. The lowest BCUT2D eigenvalue weighted by molar-refractivity contribution is 0.184. The highest BCUT2D eigenvalue weighted by Crippen LogP contribution is 2.05. The number of aliphatic imine (C=N–C) groups is 3. The summed E-state index contributed by atoms with van der Waals surface area (Å²) in [5.41, 5.74) is 0. The molecular formula is C24H40N6O4. The molecule has 0 aromatic carbocycles. The van der Waals surface area contributed by atoms with E-state index in [4.69, 9.17) is 0 Å². The molecule has 0 saturated carbocycles. The van der Waals surface area contributed by atoms with E-state index in [9.17, 15) is 19.2 Å². The summed E-state index contributed by atoms with van der Waals surface area (Å²) in [5.74, 6) is 2.51. The first-order valence-electron chi connectivity index (χ1n) is 12.3. The first-order chi connectivity index (χ1) is 16.7. The van der Waals surface area contributed by atoms with Gasteiger partial charge in [-0.1, -0.05) is 38.5 Å². The molecule has 0 saturated heterocycles. The number of hydrogen-bond donors (Lipinski definition) is 2. The molecule has 2 N–H and O–H groups in total. The number of imide groups is 1. The molecule has 0 heterocycles. The SMILES string of the molecule is C=C=NCCCCCCNC(=O)N(CCCCCCN=C=O)C(=O)NCCCCCCN=C=O. The number of hydrogen-bond acceptors (Lipinski definition) is 7. The number of urea groups is 2. The van der Waals surface area contributed by atoms with Crippen molar-refractivity contribution in [3.05, 3.63) is 6.58 Å². The second-order valence-electron chi connectivity index (χ2n) is 7.84. The second kappa shape index (κ2) is 24.6. The summed E-state index contributed by atoms with van der Waals surface area (Å²) in [6, 6.07) is -0.776. The lowest BCUT2D eigenvalue weighted by atomic mass is 10.2. The molecule has 0 radical (unpaired) electrons. The molecule has 0 fully saturated rings. The Kier molecular flexibility index (Phi) is 22.4. The Morgan fingerprint density at radius 1 is 0.618 bits per heavy atom. The number of rotatable bonds is 21. The fourth-order valence-electron chi connectivity index (χ4n) is 3.20. The van der Waals surface area contributed by atoms with Crippen LogP contribution in [-0.2, 0) is 9.59 Å². The molecule has 0 aromatic rings. The molecule has 0 aromatic heterocycles. The van der Waals surface area contributed by atoms with Crippen molar-refractivity contribution in [2.45, 2.75) is 77.0 Å². The Hall–Kier alpha value is -3.05. The van der Waals surface area contributed by atoms with Gasteiger partial charge in [0, 0.05) is 26.2 Å². The Morgan fingerprint density at radius 3 is 1.47 bits per heavy atom. The molecule has 0 aliphatic carbocycles. The van der Waals surface area contributed by atoms with E-state index in [-0.39, 0.29) is 6.03 Å². The normalized spacial score (nSPS) is 9.76. The van der Waals surface area contributed by atoms with Gasteiger partial charge in [0.15, 0.2) is 0 Å². The molecule has 0 unspecified atom stereocenters. The number of isocyanates is 2. The van der Waals surface area contributed by atoms with Crippen molar-refractivity contribution in [3.63, 3.8) is 0 Å². The van der Waals surface area contributed by atoms with E-state index >= 15 is 0 Å². The average molecular weight is 477 g/mol. The second-order valence-corrected chi connectivity index (χ2v) is 7.84. The monoisotopic (exact) mass is 476 g/mol. The van der Waals surface area contributed by atoms with Gasteiger partial charge in [-0.15, -0.1) is 0 Å². The van der Waals surface area contributed by atoms with Crippen LogP contribution in [0.5, 0.6) is 0 Å².